The van der Waals surface area contributed by atoms with E-state index in [4.69, 9.17) is 5.73 Å². The Kier molecular flexibility index (Phi) is 3.71. The second-order valence-electron chi connectivity index (χ2n) is 3.51. The molecule has 0 aromatic heterocycles. The van der Waals surface area contributed by atoms with Gasteiger partial charge in [-0.05, 0) is 11.6 Å². The molecule has 1 aromatic rings. The van der Waals surface area contributed by atoms with Gasteiger partial charge in [-0.1, -0.05) is 18.2 Å². The maximum atomic E-state index is 12.5. The van der Waals surface area contributed by atoms with Crippen molar-refractivity contribution >= 4 is 0 Å². The van der Waals surface area contributed by atoms with Crippen LogP contribution in [0.15, 0.2) is 24.3 Å². The zero-order valence-electron chi connectivity index (χ0n) is 8.44. The summed E-state index contributed by atoms with van der Waals surface area (Å²) in [5, 5.41) is 0. The largest absolute Gasteiger partial charge is 0.416 e. The van der Waals surface area contributed by atoms with E-state index in [0.717, 1.165) is 12.1 Å². The molecule has 1 atom stereocenters. The number of hydrogen-bond acceptors (Lipinski definition) is 1. The smallest absolute Gasteiger partial charge is 0.324 e. The van der Waals surface area contributed by atoms with Gasteiger partial charge in [0.2, 0.25) is 0 Å². The fourth-order valence-corrected chi connectivity index (χ4v) is 1.44. The minimum absolute atomic E-state index is 0.544. The van der Waals surface area contributed by atoms with Gasteiger partial charge >= 0.3 is 12.4 Å². The first-order valence-corrected chi connectivity index (χ1v) is 4.60. The first-order valence-electron chi connectivity index (χ1n) is 4.60. The van der Waals surface area contributed by atoms with Crippen LogP contribution in [0.1, 0.15) is 23.6 Å². The molecule has 0 aliphatic heterocycles. The topological polar surface area (TPSA) is 26.0 Å². The summed E-state index contributed by atoms with van der Waals surface area (Å²) in [6.07, 6.45) is -10.8. The SMILES string of the molecule is N[C@@H](CC(F)(F)F)c1ccccc1C(F)(F)F. The molecule has 0 heterocycles. The molecule has 7 heteroatoms. The molecule has 0 aliphatic rings. The standard InChI is InChI=1S/C10H9F6N/c11-9(12,13)5-8(17)6-3-1-2-4-7(6)10(14,15)16/h1-4,8H,5,17H2/t8-/m0/s1. The van der Waals surface area contributed by atoms with E-state index in [0.29, 0.717) is 6.07 Å². The van der Waals surface area contributed by atoms with Crippen LogP contribution in [-0.4, -0.2) is 6.18 Å². The molecule has 17 heavy (non-hydrogen) atoms. The molecule has 0 radical (unpaired) electrons. The monoisotopic (exact) mass is 257 g/mol. The third kappa shape index (κ3) is 3.92. The summed E-state index contributed by atoms with van der Waals surface area (Å²) in [5.74, 6) is 0. The Hall–Kier alpha value is -1.24. The number of alkyl halides is 6. The van der Waals surface area contributed by atoms with Gasteiger partial charge in [0.15, 0.2) is 0 Å². The fourth-order valence-electron chi connectivity index (χ4n) is 1.44. The van der Waals surface area contributed by atoms with Crippen LogP contribution in [0.4, 0.5) is 26.3 Å². The van der Waals surface area contributed by atoms with Gasteiger partial charge in [0, 0.05) is 6.04 Å². The molecule has 0 unspecified atom stereocenters. The second-order valence-corrected chi connectivity index (χ2v) is 3.51. The molecule has 1 nitrogen and oxygen atoms in total. The zero-order valence-corrected chi connectivity index (χ0v) is 8.44. The average Bonchev–Trinajstić information content (AvgIpc) is 2.13. The Morgan fingerprint density at radius 3 is 2.00 bits per heavy atom. The van der Waals surface area contributed by atoms with E-state index in [1.807, 2.05) is 0 Å². The number of benzene rings is 1. The van der Waals surface area contributed by atoms with Crippen molar-refractivity contribution in [2.75, 3.05) is 0 Å². The molecule has 0 saturated heterocycles. The Labute approximate surface area is 93.2 Å². The summed E-state index contributed by atoms with van der Waals surface area (Å²) in [7, 11) is 0. The maximum absolute atomic E-state index is 12.5. The summed E-state index contributed by atoms with van der Waals surface area (Å²) in [6, 6.07) is 2.28. The number of halogens is 6. The second kappa shape index (κ2) is 4.56. The molecule has 0 spiro atoms. The maximum Gasteiger partial charge on any atom is 0.416 e. The molecule has 96 valence electrons. The number of rotatable bonds is 2. The van der Waals surface area contributed by atoms with Crippen molar-refractivity contribution < 1.29 is 26.3 Å². The summed E-state index contributed by atoms with van der Waals surface area (Å²) < 4.78 is 73.7. The molecule has 0 amide bonds. The van der Waals surface area contributed by atoms with Crippen LogP contribution >= 0.6 is 0 Å². The van der Waals surface area contributed by atoms with Crippen LogP contribution in [0.25, 0.3) is 0 Å². The van der Waals surface area contributed by atoms with E-state index in [1.165, 1.54) is 6.07 Å². The predicted molar refractivity (Wildman–Crippen MR) is 49.0 cm³/mol. The highest BCUT2D eigenvalue weighted by molar-refractivity contribution is 5.32. The lowest BCUT2D eigenvalue weighted by Crippen LogP contribution is -2.23. The zero-order chi connectivity index (χ0) is 13.3. The van der Waals surface area contributed by atoms with Crippen molar-refractivity contribution in [2.24, 2.45) is 5.73 Å². The Bertz CT molecular complexity index is 381. The van der Waals surface area contributed by atoms with E-state index < -0.39 is 35.9 Å². The Morgan fingerprint density at radius 2 is 1.53 bits per heavy atom. The lowest BCUT2D eigenvalue weighted by Gasteiger charge is -2.19. The van der Waals surface area contributed by atoms with Gasteiger partial charge in [0.25, 0.3) is 0 Å². The third-order valence-corrected chi connectivity index (χ3v) is 2.12. The molecular weight excluding hydrogens is 248 g/mol. The van der Waals surface area contributed by atoms with Crippen molar-refractivity contribution in [3.63, 3.8) is 0 Å². The van der Waals surface area contributed by atoms with Crippen molar-refractivity contribution in [1.82, 2.24) is 0 Å². The van der Waals surface area contributed by atoms with Gasteiger partial charge in [-0.15, -0.1) is 0 Å². The Morgan fingerprint density at radius 1 is 1.00 bits per heavy atom. The minimum atomic E-state index is -4.71. The lowest BCUT2D eigenvalue weighted by atomic mass is 9.98. The van der Waals surface area contributed by atoms with Crippen molar-refractivity contribution in [1.29, 1.82) is 0 Å². The van der Waals surface area contributed by atoms with Gasteiger partial charge in [-0.2, -0.15) is 26.3 Å². The first-order chi connectivity index (χ1) is 7.61. The normalized spacial score (nSPS) is 14.8. The number of hydrogen-bond donors (Lipinski definition) is 1. The van der Waals surface area contributed by atoms with Crippen LogP contribution in [0.3, 0.4) is 0 Å². The average molecular weight is 257 g/mol. The van der Waals surface area contributed by atoms with Crippen LogP contribution in [-0.2, 0) is 6.18 Å². The van der Waals surface area contributed by atoms with E-state index >= 15 is 0 Å². The highest BCUT2D eigenvalue weighted by atomic mass is 19.4. The van der Waals surface area contributed by atoms with Crippen molar-refractivity contribution in [3.05, 3.63) is 35.4 Å². The van der Waals surface area contributed by atoms with Gasteiger partial charge in [-0.3, -0.25) is 0 Å². The van der Waals surface area contributed by atoms with Crippen LogP contribution in [0, 0.1) is 0 Å². The van der Waals surface area contributed by atoms with Gasteiger partial charge in [0.1, 0.15) is 0 Å². The van der Waals surface area contributed by atoms with Crippen LogP contribution in [0.2, 0.25) is 0 Å². The highest BCUT2D eigenvalue weighted by Crippen LogP contribution is 2.36. The van der Waals surface area contributed by atoms with E-state index in [2.05, 4.69) is 0 Å². The molecule has 1 rings (SSSR count). The minimum Gasteiger partial charge on any atom is -0.324 e. The van der Waals surface area contributed by atoms with E-state index in [-0.39, 0.29) is 0 Å². The molecule has 2 N–H and O–H groups in total. The van der Waals surface area contributed by atoms with Gasteiger partial charge in [0.05, 0.1) is 12.0 Å². The summed E-state index contributed by atoms with van der Waals surface area (Å²) in [5.41, 5.74) is 3.49. The van der Waals surface area contributed by atoms with Gasteiger partial charge in [-0.25, -0.2) is 0 Å². The summed E-state index contributed by atoms with van der Waals surface area (Å²) in [4.78, 5) is 0. The van der Waals surface area contributed by atoms with Crippen LogP contribution < -0.4 is 5.73 Å². The Balaban J connectivity index is 3.06. The first kappa shape index (κ1) is 13.8. The molecule has 0 fully saturated rings. The van der Waals surface area contributed by atoms with Crippen molar-refractivity contribution in [2.45, 2.75) is 24.8 Å². The van der Waals surface area contributed by atoms with E-state index in [9.17, 15) is 26.3 Å². The molecule has 0 aliphatic carbocycles. The van der Waals surface area contributed by atoms with Crippen molar-refractivity contribution in [3.8, 4) is 0 Å². The summed E-state index contributed by atoms with van der Waals surface area (Å²) in [6.45, 7) is 0. The highest BCUT2D eigenvalue weighted by Gasteiger charge is 2.37. The quantitative estimate of drug-likeness (QED) is 0.804. The predicted octanol–water partition coefficient (Wildman–Crippen LogP) is 3.66. The van der Waals surface area contributed by atoms with Gasteiger partial charge < -0.3 is 5.73 Å². The third-order valence-electron chi connectivity index (χ3n) is 2.12. The fraction of sp³-hybridized carbons (Fsp3) is 0.400. The molecular formula is C10H9F6N. The molecule has 0 saturated carbocycles. The van der Waals surface area contributed by atoms with Crippen LogP contribution in [0.5, 0.6) is 0 Å². The lowest BCUT2D eigenvalue weighted by molar-refractivity contribution is -0.144. The molecule has 1 aromatic carbocycles. The summed E-state index contributed by atoms with van der Waals surface area (Å²) >= 11 is 0. The molecule has 0 bridgehead atoms. The number of nitrogens with two attached hydrogens (primary N) is 1. The van der Waals surface area contributed by atoms with E-state index in [1.54, 1.807) is 0 Å².